The zero-order valence-corrected chi connectivity index (χ0v) is 11.9. The van der Waals surface area contributed by atoms with Crippen LogP contribution in [0.5, 0.6) is 0 Å². The van der Waals surface area contributed by atoms with Crippen molar-refractivity contribution in [3.8, 4) is 0 Å². The van der Waals surface area contributed by atoms with Crippen molar-refractivity contribution in [1.82, 2.24) is 10.6 Å². The van der Waals surface area contributed by atoms with Gasteiger partial charge in [-0.3, -0.25) is 9.59 Å². The summed E-state index contributed by atoms with van der Waals surface area (Å²) in [5, 5.41) is 5.34. The van der Waals surface area contributed by atoms with Gasteiger partial charge in [0.25, 0.3) is 0 Å². The number of rotatable bonds is 8. The highest BCUT2D eigenvalue weighted by molar-refractivity contribution is 5.86. The highest BCUT2D eigenvalue weighted by atomic mass is 16.2. The van der Waals surface area contributed by atoms with Gasteiger partial charge in [0.05, 0.1) is 12.5 Å². The van der Waals surface area contributed by atoms with Gasteiger partial charge >= 0.3 is 0 Å². The van der Waals surface area contributed by atoms with Gasteiger partial charge in [-0.05, 0) is 18.4 Å². The monoisotopic (exact) mass is 277 g/mol. The van der Waals surface area contributed by atoms with Crippen LogP contribution in [0.25, 0.3) is 0 Å². The predicted molar refractivity (Wildman–Crippen MR) is 79.0 cm³/mol. The van der Waals surface area contributed by atoms with Gasteiger partial charge in [0.2, 0.25) is 11.8 Å². The Morgan fingerprint density at radius 1 is 1.20 bits per heavy atom. The lowest BCUT2D eigenvalue weighted by molar-refractivity contribution is -0.128. The molecule has 1 aromatic rings. The number of benzene rings is 1. The summed E-state index contributed by atoms with van der Waals surface area (Å²) in [6.45, 7) is 2.86. The van der Waals surface area contributed by atoms with Crippen molar-refractivity contribution in [2.75, 3.05) is 19.6 Å². The molecule has 0 bridgehead atoms. The molecule has 1 atom stereocenters. The van der Waals surface area contributed by atoms with Crippen molar-refractivity contribution < 1.29 is 9.59 Å². The molecule has 1 unspecified atom stereocenters. The van der Waals surface area contributed by atoms with Crippen molar-refractivity contribution in [3.05, 3.63) is 35.9 Å². The molecule has 0 saturated carbocycles. The Balaban J connectivity index is 2.41. The van der Waals surface area contributed by atoms with Crippen LogP contribution >= 0.6 is 0 Å². The van der Waals surface area contributed by atoms with Gasteiger partial charge in [0.1, 0.15) is 0 Å². The van der Waals surface area contributed by atoms with Gasteiger partial charge in [-0.15, -0.1) is 0 Å². The molecule has 0 spiro atoms. The summed E-state index contributed by atoms with van der Waals surface area (Å²) in [5.41, 5.74) is 6.71. The van der Waals surface area contributed by atoms with Crippen LogP contribution in [0.4, 0.5) is 0 Å². The molecule has 0 heterocycles. The molecule has 5 nitrogen and oxygen atoms in total. The average Bonchev–Trinajstić information content (AvgIpc) is 2.49. The number of nitrogens with two attached hydrogens (primary N) is 1. The highest BCUT2D eigenvalue weighted by Crippen LogP contribution is 2.07. The van der Waals surface area contributed by atoms with E-state index in [-0.39, 0.29) is 30.8 Å². The molecular weight excluding hydrogens is 254 g/mol. The summed E-state index contributed by atoms with van der Waals surface area (Å²) in [4.78, 5) is 23.4. The van der Waals surface area contributed by atoms with Crippen LogP contribution in [-0.2, 0) is 16.0 Å². The first kappa shape index (κ1) is 16.2. The third-order valence-corrected chi connectivity index (χ3v) is 2.98. The average molecular weight is 277 g/mol. The van der Waals surface area contributed by atoms with E-state index in [0.29, 0.717) is 13.0 Å². The normalized spacial score (nSPS) is 11.7. The van der Waals surface area contributed by atoms with Crippen molar-refractivity contribution in [1.29, 1.82) is 0 Å². The molecule has 4 N–H and O–H groups in total. The predicted octanol–water partition coefficient (Wildman–Crippen LogP) is 0.446. The molecule has 0 saturated heterocycles. The Hall–Kier alpha value is -1.88. The fourth-order valence-corrected chi connectivity index (χ4v) is 1.82. The minimum atomic E-state index is -0.309. The van der Waals surface area contributed by atoms with Gasteiger partial charge in [0, 0.05) is 13.1 Å². The zero-order chi connectivity index (χ0) is 14.8. The lowest BCUT2D eigenvalue weighted by atomic mass is 9.98. The van der Waals surface area contributed by atoms with Gasteiger partial charge in [-0.2, -0.15) is 0 Å². The Morgan fingerprint density at radius 2 is 1.90 bits per heavy atom. The van der Waals surface area contributed by atoms with Gasteiger partial charge in [-0.1, -0.05) is 37.3 Å². The van der Waals surface area contributed by atoms with Crippen LogP contribution in [0.3, 0.4) is 0 Å². The van der Waals surface area contributed by atoms with Crippen molar-refractivity contribution in [2.24, 2.45) is 11.7 Å². The molecule has 5 heteroatoms. The summed E-state index contributed by atoms with van der Waals surface area (Å²) < 4.78 is 0. The second kappa shape index (κ2) is 9.09. The number of carbonyl (C=O) groups excluding carboxylic acids is 2. The summed E-state index contributed by atoms with van der Waals surface area (Å²) in [6, 6.07) is 9.71. The van der Waals surface area contributed by atoms with E-state index < -0.39 is 0 Å². The van der Waals surface area contributed by atoms with Gasteiger partial charge in [0.15, 0.2) is 0 Å². The van der Waals surface area contributed by atoms with Crippen molar-refractivity contribution in [3.63, 3.8) is 0 Å². The molecular formula is C15H23N3O2. The van der Waals surface area contributed by atoms with Crippen LogP contribution in [0.2, 0.25) is 0 Å². The highest BCUT2D eigenvalue weighted by Gasteiger charge is 2.17. The molecule has 0 aromatic heterocycles. The minimum Gasteiger partial charge on any atom is -0.355 e. The molecule has 1 aromatic carbocycles. The second-order valence-electron chi connectivity index (χ2n) is 4.69. The lowest BCUT2D eigenvalue weighted by Gasteiger charge is -2.14. The third-order valence-electron chi connectivity index (χ3n) is 2.98. The SMILES string of the molecule is CCCNC(=O)CNC(=O)C(CN)Cc1ccccc1. The number of nitrogens with one attached hydrogen (secondary N) is 2. The first-order valence-corrected chi connectivity index (χ1v) is 6.95. The Labute approximate surface area is 119 Å². The molecule has 110 valence electrons. The molecule has 20 heavy (non-hydrogen) atoms. The van der Waals surface area contributed by atoms with Crippen LogP contribution < -0.4 is 16.4 Å². The topological polar surface area (TPSA) is 84.2 Å². The molecule has 0 aliphatic heterocycles. The Kier molecular flexibility index (Phi) is 7.35. The molecule has 0 aliphatic carbocycles. The number of hydrogen-bond donors (Lipinski definition) is 3. The fourth-order valence-electron chi connectivity index (χ4n) is 1.82. The van der Waals surface area contributed by atoms with Crippen LogP contribution in [0.1, 0.15) is 18.9 Å². The Bertz CT molecular complexity index is 420. The van der Waals surface area contributed by atoms with Gasteiger partial charge in [-0.25, -0.2) is 0 Å². The maximum Gasteiger partial charge on any atom is 0.239 e. The standard InChI is InChI=1S/C15H23N3O2/c1-2-8-17-14(19)11-18-15(20)13(10-16)9-12-6-4-3-5-7-12/h3-7,13H,2,8-11,16H2,1H3,(H,17,19)(H,18,20). The lowest BCUT2D eigenvalue weighted by Crippen LogP contribution is -2.42. The van der Waals surface area contributed by atoms with E-state index in [2.05, 4.69) is 10.6 Å². The summed E-state index contributed by atoms with van der Waals surface area (Å²) in [6.07, 6.45) is 1.46. The summed E-state index contributed by atoms with van der Waals surface area (Å²) >= 11 is 0. The number of carbonyl (C=O) groups is 2. The quantitative estimate of drug-likeness (QED) is 0.645. The van der Waals surface area contributed by atoms with Crippen LogP contribution in [0.15, 0.2) is 30.3 Å². The third kappa shape index (κ3) is 5.84. The van der Waals surface area contributed by atoms with E-state index >= 15 is 0 Å². The summed E-state index contributed by atoms with van der Waals surface area (Å²) in [7, 11) is 0. The van der Waals surface area contributed by atoms with E-state index in [9.17, 15) is 9.59 Å². The molecule has 1 rings (SSSR count). The molecule has 0 aliphatic rings. The maximum absolute atomic E-state index is 12.0. The Morgan fingerprint density at radius 3 is 2.50 bits per heavy atom. The summed E-state index contributed by atoms with van der Waals surface area (Å²) in [5.74, 6) is -0.657. The molecule has 2 amide bonds. The van der Waals surface area contributed by atoms with Crippen LogP contribution in [-0.4, -0.2) is 31.4 Å². The second-order valence-corrected chi connectivity index (χ2v) is 4.69. The number of amides is 2. The number of hydrogen-bond acceptors (Lipinski definition) is 3. The van der Waals surface area contributed by atoms with Crippen LogP contribution in [0, 0.1) is 5.92 Å². The van der Waals surface area contributed by atoms with E-state index in [1.807, 2.05) is 37.3 Å². The molecule has 0 radical (unpaired) electrons. The van der Waals surface area contributed by atoms with E-state index in [0.717, 1.165) is 12.0 Å². The minimum absolute atomic E-state index is 0.00409. The fraction of sp³-hybridized carbons (Fsp3) is 0.467. The van der Waals surface area contributed by atoms with Crippen molar-refractivity contribution >= 4 is 11.8 Å². The first-order chi connectivity index (χ1) is 9.67. The van der Waals surface area contributed by atoms with Gasteiger partial charge < -0.3 is 16.4 Å². The maximum atomic E-state index is 12.0. The van der Waals surface area contributed by atoms with E-state index in [1.54, 1.807) is 0 Å². The molecule has 0 fully saturated rings. The first-order valence-electron chi connectivity index (χ1n) is 6.95. The van der Waals surface area contributed by atoms with Crippen molar-refractivity contribution in [2.45, 2.75) is 19.8 Å². The van der Waals surface area contributed by atoms with E-state index in [4.69, 9.17) is 5.73 Å². The smallest absolute Gasteiger partial charge is 0.239 e. The largest absolute Gasteiger partial charge is 0.355 e. The zero-order valence-electron chi connectivity index (χ0n) is 11.9. The van der Waals surface area contributed by atoms with E-state index in [1.165, 1.54) is 0 Å².